The number of thiophene rings is 1. The third kappa shape index (κ3) is 1.65. The monoisotopic (exact) mass is 186 g/mol. The van der Waals surface area contributed by atoms with Gasteiger partial charge in [-0.2, -0.15) is 0 Å². The number of aryl methyl sites for hydroxylation is 2. The van der Waals surface area contributed by atoms with Crippen LogP contribution in [0, 0.1) is 25.3 Å². The summed E-state index contributed by atoms with van der Waals surface area (Å²) in [6.07, 6.45) is 0. The standard InChI is InChI=1S/C12H10S/c1-9-5-6-10(2)11(8-9)12-4-3-7-13-12/h3-4,6,8H,1-2H3. The van der Waals surface area contributed by atoms with Gasteiger partial charge in [-0.05, 0) is 54.8 Å². The first-order chi connectivity index (χ1) is 6.27. The van der Waals surface area contributed by atoms with Gasteiger partial charge in [0.1, 0.15) is 0 Å². The van der Waals surface area contributed by atoms with Crippen LogP contribution in [-0.4, -0.2) is 0 Å². The molecule has 0 aliphatic carbocycles. The maximum Gasteiger partial charge on any atom is 0.0449 e. The molecule has 0 amide bonds. The van der Waals surface area contributed by atoms with Gasteiger partial charge < -0.3 is 0 Å². The third-order valence-corrected chi connectivity index (χ3v) is 2.87. The number of hydrogen-bond donors (Lipinski definition) is 0. The van der Waals surface area contributed by atoms with Crippen LogP contribution in [0.2, 0.25) is 0 Å². The first-order valence-corrected chi connectivity index (χ1v) is 5.04. The number of benzene rings is 1. The maximum atomic E-state index is 3.20. The summed E-state index contributed by atoms with van der Waals surface area (Å²) in [5, 5.41) is 3.11. The largest absolute Gasteiger partial charge is 0.134 e. The Kier molecular flexibility index (Phi) is 2.19. The smallest absolute Gasteiger partial charge is 0.0449 e. The Morgan fingerprint density at radius 3 is 2.85 bits per heavy atom. The lowest BCUT2D eigenvalue weighted by molar-refractivity contribution is 1.39. The van der Waals surface area contributed by atoms with Gasteiger partial charge in [0.25, 0.3) is 0 Å². The Hall–Kier alpha value is -1.08. The fraction of sp³-hybridized carbons (Fsp3) is 0.167. The zero-order valence-corrected chi connectivity index (χ0v) is 8.53. The average molecular weight is 186 g/mol. The molecule has 1 heteroatoms. The van der Waals surface area contributed by atoms with Crippen LogP contribution >= 0.6 is 11.3 Å². The summed E-state index contributed by atoms with van der Waals surface area (Å²) in [6, 6.07) is 11.5. The highest BCUT2D eigenvalue weighted by Crippen LogP contribution is 2.27. The maximum absolute atomic E-state index is 3.20. The molecule has 0 spiro atoms. The van der Waals surface area contributed by atoms with E-state index in [2.05, 4.69) is 37.4 Å². The van der Waals surface area contributed by atoms with Crippen molar-refractivity contribution < 1.29 is 0 Å². The molecule has 64 valence electrons. The molecule has 2 radical (unpaired) electrons. The van der Waals surface area contributed by atoms with Crippen LogP contribution in [0.15, 0.2) is 24.3 Å². The molecule has 1 aromatic heterocycles. The molecule has 0 aliphatic rings. The molecule has 0 atom stereocenters. The lowest BCUT2D eigenvalue weighted by atomic mass is 10.0. The van der Waals surface area contributed by atoms with Gasteiger partial charge >= 0.3 is 0 Å². The second-order valence-electron chi connectivity index (χ2n) is 3.13. The van der Waals surface area contributed by atoms with Gasteiger partial charge in [0.15, 0.2) is 0 Å². The molecule has 0 saturated carbocycles. The highest BCUT2D eigenvalue weighted by molar-refractivity contribution is 7.13. The third-order valence-electron chi connectivity index (χ3n) is 2.04. The highest BCUT2D eigenvalue weighted by Gasteiger charge is 2.02. The topological polar surface area (TPSA) is 0 Å². The van der Waals surface area contributed by atoms with Crippen molar-refractivity contribution in [3.63, 3.8) is 0 Å². The van der Waals surface area contributed by atoms with E-state index in [4.69, 9.17) is 0 Å². The molecular formula is C12H10S. The van der Waals surface area contributed by atoms with E-state index in [1.807, 2.05) is 12.1 Å². The lowest BCUT2D eigenvalue weighted by Gasteiger charge is -2.03. The molecule has 1 aromatic carbocycles. The highest BCUT2D eigenvalue weighted by atomic mass is 32.1. The van der Waals surface area contributed by atoms with Crippen LogP contribution in [-0.2, 0) is 0 Å². The molecule has 0 fully saturated rings. The van der Waals surface area contributed by atoms with E-state index in [-0.39, 0.29) is 0 Å². The molecule has 1 heterocycles. The lowest BCUT2D eigenvalue weighted by Crippen LogP contribution is -1.81. The number of rotatable bonds is 1. The van der Waals surface area contributed by atoms with Crippen LogP contribution < -0.4 is 0 Å². The Morgan fingerprint density at radius 1 is 1.31 bits per heavy atom. The molecule has 0 N–H and O–H groups in total. The van der Waals surface area contributed by atoms with Gasteiger partial charge in [0.05, 0.1) is 0 Å². The fourth-order valence-corrected chi connectivity index (χ4v) is 2.05. The van der Waals surface area contributed by atoms with Crippen LogP contribution in [0.4, 0.5) is 0 Å². The van der Waals surface area contributed by atoms with E-state index < -0.39 is 0 Å². The van der Waals surface area contributed by atoms with Gasteiger partial charge in [-0.3, -0.25) is 0 Å². The van der Waals surface area contributed by atoms with Gasteiger partial charge in [0.2, 0.25) is 0 Å². The van der Waals surface area contributed by atoms with Crippen LogP contribution in [0.25, 0.3) is 10.4 Å². The van der Waals surface area contributed by atoms with E-state index in [9.17, 15) is 0 Å². The number of hydrogen-bond acceptors (Lipinski definition) is 1. The van der Waals surface area contributed by atoms with Crippen molar-refractivity contribution in [1.29, 1.82) is 0 Å². The summed E-state index contributed by atoms with van der Waals surface area (Å²) < 4.78 is 0. The van der Waals surface area contributed by atoms with Crippen molar-refractivity contribution in [2.45, 2.75) is 13.8 Å². The second kappa shape index (κ2) is 3.35. The summed E-state index contributed by atoms with van der Waals surface area (Å²) in [4.78, 5) is 1.29. The normalized spacial score (nSPS) is 10.3. The summed E-state index contributed by atoms with van der Waals surface area (Å²) >= 11 is 1.66. The SMILES string of the molecule is Cc1[c]cc(C)c(-c2cc[c]s2)c1. The van der Waals surface area contributed by atoms with Crippen molar-refractivity contribution in [3.8, 4) is 10.4 Å². The Morgan fingerprint density at radius 2 is 2.15 bits per heavy atom. The summed E-state index contributed by atoms with van der Waals surface area (Å²) in [6.45, 7) is 4.19. The second-order valence-corrected chi connectivity index (χ2v) is 4.01. The van der Waals surface area contributed by atoms with E-state index >= 15 is 0 Å². The Bertz CT molecular complexity index is 399. The predicted molar refractivity (Wildman–Crippen MR) is 56.9 cm³/mol. The van der Waals surface area contributed by atoms with Crippen molar-refractivity contribution in [1.82, 2.24) is 0 Å². The molecule has 2 rings (SSSR count). The van der Waals surface area contributed by atoms with Crippen LogP contribution in [0.1, 0.15) is 11.1 Å². The first kappa shape index (κ1) is 8.52. The summed E-state index contributed by atoms with van der Waals surface area (Å²) in [7, 11) is 0. The van der Waals surface area contributed by atoms with Gasteiger partial charge in [-0.15, -0.1) is 11.3 Å². The van der Waals surface area contributed by atoms with E-state index in [0.29, 0.717) is 0 Å². The van der Waals surface area contributed by atoms with Crippen LogP contribution in [0.3, 0.4) is 0 Å². The zero-order chi connectivity index (χ0) is 9.26. The molecule has 0 saturated heterocycles. The minimum absolute atomic E-state index is 1.19. The van der Waals surface area contributed by atoms with Gasteiger partial charge in [0, 0.05) is 10.3 Å². The fourth-order valence-electron chi connectivity index (χ4n) is 1.32. The van der Waals surface area contributed by atoms with Crippen LogP contribution in [0.5, 0.6) is 0 Å². The molecular weight excluding hydrogens is 176 g/mol. The minimum atomic E-state index is 1.19. The van der Waals surface area contributed by atoms with Crippen molar-refractivity contribution in [2.75, 3.05) is 0 Å². The summed E-state index contributed by atoms with van der Waals surface area (Å²) in [5.41, 5.74) is 3.78. The Labute approximate surface area is 82.9 Å². The first-order valence-electron chi connectivity index (χ1n) is 4.22. The van der Waals surface area contributed by atoms with Crippen molar-refractivity contribution in [3.05, 3.63) is 46.8 Å². The van der Waals surface area contributed by atoms with E-state index in [1.165, 1.54) is 21.6 Å². The summed E-state index contributed by atoms with van der Waals surface area (Å²) in [5.74, 6) is 0. The Balaban J connectivity index is 2.57. The van der Waals surface area contributed by atoms with Crippen molar-refractivity contribution in [2.24, 2.45) is 0 Å². The van der Waals surface area contributed by atoms with Crippen molar-refractivity contribution >= 4 is 11.3 Å². The van der Waals surface area contributed by atoms with Gasteiger partial charge in [-0.25, -0.2) is 0 Å². The molecule has 0 nitrogen and oxygen atoms in total. The van der Waals surface area contributed by atoms with E-state index in [0.717, 1.165) is 0 Å². The zero-order valence-electron chi connectivity index (χ0n) is 7.72. The molecule has 0 bridgehead atoms. The molecule has 2 aromatic rings. The quantitative estimate of drug-likeness (QED) is 0.638. The predicted octanol–water partition coefficient (Wildman–Crippen LogP) is 3.63. The molecule has 13 heavy (non-hydrogen) atoms. The van der Waals surface area contributed by atoms with E-state index in [1.54, 1.807) is 11.3 Å². The van der Waals surface area contributed by atoms with Gasteiger partial charge in [-0.1, -0.05) is 6.07 Å². The molecule has 0 aliphatic heterocycles. The molecule has 0 unspecified atom stereocenters. The average Bonchev–Trinajstić information content (AvgIpc) is 2.61. The minimum Gasteiger partial charge on any atom is -0.134 e.